The van der Waals surface area contributed by atoms with Crippen molar-refractivity contribution in [1.29, 1.82) is 0 Å². The number of nitrogens with one attached hydrogen (secondary N) is 1. The molecular formula is C37H44ClN3O5S. The molecule has 8 nitrogen and oxygen atoms in total. The Morgan fingerprint density at radius 2 is 2.06 bits per heavy atom. The van der Waals surface area contributed by atoms with Crippen molar-refractivity contribution in [2.75, 3.05) is 24.6 Å². The van der Waals surface area contributed by atoms with Crippen LogP contribution >= 0.6 is 11.6 Å². The minimum atomic E-state index is -2.89. The number of carbonyl (C=O) groups is 1. The highest BCUT2D eigenvalue weighted by Crippen LogP contribution is 2.47. The van der Waals surface area contributed by atoms with Crippen molar-refractivity contribution < 1.29 is 23.0 Å². The fourth-order valence-electron chi connectivity index (χ4n) is 7.85. The number of aryl methyl sites for hydroxylation is 2. The summed E-state index contributed by atoms with van der Waals surface area (Å²) >= 11 is 6.46. The molecule has 1 N–H and O–H groups in total. The molecule has 2 aliphatic carbocycles. The predicted octanol–water partition coefficient (Wildman–Crippen LogP) is 6.82. The number of allylic oxidation sites excluding steroid dienone is 1. The van der Waals surface area contributed by atoms with E-state index in [1.165, 1.54) is 11.1 Å². The Balaban J connectivity index is 1.26. The van der Waals surface area contributed by atoms with Crippen LogP contribution in [0.5, 0.6) is 5.75 Å². The molecule has 1 saturated carbocycles. The fraction of sp³-hybridized carbons (Fsp3) is 0.486. The van der Waals surface area contributed by atoms with Gasteiger partial charge in [0.1, 0.15) is 17.2 Å². The summed E-state index contributed by atoms with van der Waals surface area (Å²) in [5.74, 6) is 5.80. The number of rotatable bonds is 3. The van der Waals surface area contributed by atoms with Gasteiger partial charge in [0.05, 0.1) is 34.7 Å². The Hall–Kier alpha value is -3.27. The number of aromatic nitrogens is 1. The Morgan fingerprint density at radius 1 is 1.19 bits per heavy atom. The zero-order valence-electron chi connectivity index (χ0n) is 27.2. The van der Waals surface area contributed by atoms with Crippen LogP contribution in [0.3, 0.4) is 0 Å². The summed E-state index contributed by atoms with van der Waals surface area (Å²) in [5, 5.41) is 4.60. The second kappa shape index (κ2) is 13.0. The third-order valence-corrected chi connectivity index (χ3v) is 13.0. The lowest BCUT2D eigenvalue weighted by atomic mass is 9.68. The molecule has 3 aromatic rings. The van der Waals surface area contributed by atoms with E-state index in [-0.39, 0.29) is 22.7 Å². The van der Waals surface area contributed by atoms with Crippen molar-refractivity contribution in [3.05, 3.63) is 87.8 Å². The van der Waals surface area contributed by atoms with Crippen molar-refractivity contribution in [3.8, 4) is 5.75 Å². The number of anilines is 1. The summed E-state index contributed by atoms with van der Waals surface area (Å²) < 4.78 is 34.9. The van der Waals surface area contributed by atoms with Crippen LogP contribution in [0.15, 0.2) is 59.1 Å². The molecule has 1 aromatic heterocycles. The van der Waals surface area contributed by atoms with E-state index in [1.807, 2.05) is 38.1 Å². The van der Waals surface area contributed by atoms with Gasteiger partial charge in [0.2, 0.25) is 0 Å². The maximum absolute atomic E-state index is 13.6. The summed E-state index contributed by atoms with van der Waals surface area (Å²) in [4.78, 5) is 16.0. The summed E-state index contributed by atoms with van der Waals surface area (Å²) in [5.41, 5.74) is 4.49. The number of hydrogen-bond acceptors (Lipinski definition) is 7. The first kappa shape index (κ1) is 32.3. The van der Waals surface area contributed by atoms with Gasteiger partial charge in [-0.3, -0.25) is 9.52 Å². The van der Waals surface area contributed by atoms with Gasteiger partial charge in [-0.1, -0.05) is 35.0 Å². The maximum Gasteiger partial charge on any atom is 0.262 e. The molecule has 2 aliphatic heterocycles. The van der Waals surface area contributed by atoms with Crippen molar-refractivity contribution in [1.82, 2.24) is 9.88 Å². The van der Waals surface area contributed by atoms with Crippen molar-refractivity contribution in [3.63, 3.8) is 0 Å². The van der Waals surface area contributed by atoms with Crippen molar-refractivity contribution >= 4 is 38.8 Å². The van der Waals surface area contributed by atoms with Crippen LogP contribution in [-0.4, -0.2) is 52.2 Å². The third kappa shape index (κ3) is 6.59. The molecule has 7 rings (SSSR count). The van der Waals surface area contributed by atoms with E-state index in [9.17, 15) is 9.00 Å². The van der Waals surface area contributed by atoms with Crippen LogP contribution in [-0.2, 0) is 32.9 Å². The summed E-state index contributed by atoms with van der Waals surface area (Å²) in [6, 6.07) is 13.8. The van der Waals surface area contributed by atoms with Crippen LogP contribution in [0.2, 0.25) is 5.02 Å². The Labute approximate surface area is 283 Å². The first-order valence-corrected chi connectivity index (χ1v) is 19.0. The van der Waals surface area contributed by atoms with Crippen LogP contribution in [0.4, 0.5) is 5.69 Å². The van der Waals surface area contributed by atoms with E-state index in [1.54, 1.807) is 6.07 Å². The van der Waals surface area contributed by atoms with Crippen molar-refractivity contribution in [2.24, 2.45) is 11.8 Å². The molecule has 250 valence electrons. The van der Waals surface area contributed by atoms with Gasteiger partial charge in [0.25, 0.3) is 5.91 Å². The molecule has 1 unspecified atom stereocenters. The number of nitrogens with zero attached hydrogens (tertiary/aromatic N) is 2. The van der Waals surface area contributed by atoms with Crippen LogP contribution in [0, 0.1) is 18.8 Å². The first-order chi connectivity index (χ1) is 22.6. The Bertz CT molecular complexity index is 1790. The van der Waals surface area contributed by atoms with E-state index < -0.39 is 9.71 Å². The second-order valence-corrected chi connectivity index (χ2v) is 16.9. The average molecular weight is 678 g/mol. The van der Waals surface area contributed by atoms with Gasteiger partial charge in [0, 0.05) is 40.4 Å². The lowest BCUT2D eigenvalue weighted by Crippen LogP contribution is -2.49. The lowest BCUT2D eigenvalue weighted by Gasteiger charge is -2.46. The molecule has 3 heterocycles. The van der Waals surface area contributed by atoms with Crippen LogP contribution < -0.4 is 14.4 Å². The molecular weight excluding hydrogens is 634 g/mol. The van der Waals surface area contributed by atoms with E-state index in [2.05, 4.69) is 44.9 Å². The zero-order chi connectivity index (χ0) is 32.8. The van der Waals surface area contributed by atoms with Gasteiger partial charge in [-0.15, -0.1) is 0 Å². The van der Waals surface area contributed by atoms with Gasteiger partial charge < -0.3 is 18.9 Å². The Kier molecular flexibility index (Phi) is 8.91. The maximum atomic E-state index is 13.6. The van der Waals surface area contributed by atoms with Crippen molar-refractivity contribution in [2.45, 2.75) is 82.2 Å². The van der Waals surface area contributed by atoms with E-state index in [0.717, 1.165) is 73.1 Å². The van der Waals surface area contributed by atoms with Crippen LogP contribution in [0.25, 0.3) is 0 Å². The molecule has 1 fully saturated rings. The number of fused-ring (bicyclic) bond motifs is 4. The van der Waals surface area contributed by atoms with Crippen LogP contribution in [0.1, 0.15) is 78.4 Å². The topological polar surface area (TPSA) is 93.9 Å². The van der Waals surface area contributed by atoms with Gasteiger partial charge in [-0.05, 0) is 118 Å². The van der Waals surface area contributed by atoms with E-state index >= 15 is 0 Å². The quantitative estimate of drug-likeness (QED) is 0.240. The minimum absolute atomic E-state index is 0.0988. The number of ether oxygens (including phenoxy) is 2. The van der Waals surface area contributed by atoms with Gasteiger partial charge in [-0.25, -0.2) is 4.21 Å². The van der Waals surface area contributed by atoms with Gasteiger partial charge in [-0.2, -0.15) is 0 Å². The SMILES string of the molecule is C=S1(=O)NC(=O)c2ccc3c(c2)N(C[C@@H]2CC[C@H]2[C@@H](OCc2cc(C)on2)/C=C/CC[C@H]1C)C[C@@]1(CCCc2cc(Cl)ccc21)CO3. The monoisotopic (exact) mass is 677 g/mol. The number of benzene rings is 2. The van der Waals surface area contributed by atoms with E-state index in [0.29, 0.717) is 43.5 Å². The fourth-order valence-corrected chi connectivity index (χ4v) is 9.19. The minimum Gasteiger partial charge on any atom is -0.490 e. The first-order valence-electron chi connectivity index (χ1n) is 16.8. The molecule has 1 spiro atoms. The molecule has 4 aliphatic rings. The molecule has 0 radical (unpaired) electrons. The lowest BCUT2D eigenvalue weighted by molar-refractivity contribution is -0.0243. The highest BCUT2D eigenvalue weighted by atomic mass is 35.5. The second-order valence-electron chi connectivity index (χ2n) is 14.0. The predicted molar refractivity (Wildman–Crippen MR) is 187 cm³/mol. The summed E-state index contributed by atoms with van der Waals surface area (Å²) in [7, 11) is -2.89. The zero-order valence-corrected chi connectivity index (χ0v) is 28.8. The molecule has 10 heteroatoms. The largest absolute Gasteiger partial charge is 0.490 e. The number of amides is 1. The number of hydrogen-bond donors (Lipinski definition) is 1. The Morgan fingerprint density at radius 3 is 2.85 bits per heavy atom. The third-order valence-electron chi connectivity index (χ3n) is 10.7. The smallest absolute Gasteiger partial charge is 0.262 e. The molecule has 0 saturated heterocycles. The van der Waals surface area contributed by atoms with Gasteiger partial charge >= 0.3 is 0 Å². The molecule has 6 atom stereocenters. The molecule has 1 amide bonds. The highest BCUT2D eigenvalue weighted by Gasteiger charge is 2.44. The average Bonchev–Trinajstić information content (AvgIpc) is 3.39. The number of halogens is 1. The van der Waals surface area contributed by atoms with Gasteiger partial charge in [0.15, 0.2) is 0 Å². The highest BCUT2D eigenvalue weighted by molar-refractivity contribution is 7.99. The standard InChI is InChI=1S/C37H44ClN3O5S/c1-24-17-30(39-46-24)21-44-34-9-5-4-7-25(2)47(3,43)40-36(42)27-11-15-35-33(19-27)41(20-28-10-13-31(28)34)22-37(23-45-35)16-6-8-26-18-29(38)12-14-32(26)37/h5,9,11-12,14-15,17-19,25,28,31,34H,3-4,6-8,10,13,16,20-23H2,1-2H3,(H,40,42,43)/b9-5+/t25-,28+,31-,34+,37+,47?/m1/s1. The number of carbonyl (C=O) groups excluding carboxylic acids is 1. The molecule has 2 bridgehead atoms. The summed E-state index contributed by atoms with van der Waals surface area (Å²) in [6.45, 7) is 6.24. The summed E-state index contributed by atoms with van der Waals surface area (Å²) in [6.07, 6.45) is 10.7. The molecule has 47 heavy (non-hydrogen) atoms. The van der Waals surface area contributed by atoms with E-state index in [4.69, 9.17) is 25.6 Å². The molecule has 2 aromatic carbocycles. The normalized spacial score (nSPS) is 31.5.